The molecule has 244 valence electrons. The van der Waals surface area contributed by atoms with E-state index >= 15 is 0 Å². The molecule has 0 aliphatic heterocycles. The first-order valence-corrected chi connectivity index (χ1v) is 17.7. The summed E-state index contributed by atoms with van der Waals surface area (Å²) in [5.41, 5.74) is 8.56. The minimum Gasteiger partial charge on any atom is -0.336 e. The van der Waals surface area contributed by atoms with E-state index in [0.29, 0.717) is 0 Å². The molecule has 3 atom stereocenters. The molecule has 2 heteroatoms. The van der Waals surface area contributed by atoms with Crippen LogP contribution >= 0.6 is 0 Å². The Hall–Kier alpha value is -4.14. The predicted octanol–water partition coefficient (Wildman–Crippen LogP) is 13.0. The number of benzene rings is 5. The molecule has 1 fully saturated rings. The topological polar surface area (TPSA) is 18.5 Å². The monoisotopic (exact) mass is 624 g/mol. The van der Waals surface area contributed by atoms with E-state index < -0.39 is 0 Å². The van der Waals surface area contributed by atoms with E-state index in [4.69, 9.17) is 9.78 Å². The zero-order valence-corrected chi connectivity index (χ0v) is 28.9. The van der Waals surface area contributed by atoms with Gasteiger partial charge in [0.1, 0.15) is 6.10 Å². The molecule has 6 rings (SSSR count). The number of hydrogen-bond acceptors (Lipinski definition) is 2. The van der Waals surface area contributed by atoms with Crippen LogP contribution in [0.15, 0.2) is 133 Å². The first kappa shape index (κ1) is 34.2. The first-order valence-electron chi connectivity index (χ1n) is 17.7. The number of hydrogen-bond donors (Lipinski definition) is 0. The Kier molecular flexibility index (Phi) is 12.5. The summed E-state index contributed by atoms with van der Waals surface area (Å²) in [5.74, 6) is 3.31. The molecule has 1 aliphatic rings. The van der Waals surface area contributed by atoms with Crippen LogP contribution in [0.1, 0.15) is 101 Å². The second-order valence-electron chi connectivity index (χ2n) is 13.4. The van der Waals surface area contributed by atoms with Crippen molar-refractivity contribution in [3.8, 4) is 28.0 Å². The van der Waals surface area contributed by atoms with E-state index in [-0.39, 0.29) is 12.0 Å². The summed E-state index contributed by atoms with van der Waals surface area (Å²) in [5, 5.41) is 0. The maximum Gasteiger partial charge on any atom is 0.181 e. The van der Waals surface area contributed by atoms with Gasteiger partial charge in [0.2, 0.25) is 0 Å². The SMILES string of the molecule is CC(OOc1c(-c2ccccc2)cccc1-c1ccccc1)C(C)c1ccccc1.CCCC(c1ccc(C2CCC2)cc1)C(C)C. The largest absolute Gasteiger partial charge is 0.336 e. The zero-order valence-electron chi connectivity index (χ0n) is 28.9. The molecular formula is C45H52O2. The molecule has 0 aromatic heterocycles. The maximum absolute atomic E-state index is 6.08. The molecule has 0 saturated heterocycles. The van der Waals surface area contributed by atoms with Gasteiger partial charge >= 0.3 is 0 Å². The van der Waals surface area contributed by atoms with Gasteiger partial charge in [0.15, 0.2) is 5.75 Å². The standard InChI is InChI=1S/C28H26O2.C17H26/c1-21(23-13-6-3-7-14-23)22(2)29-30-28-26(24-15-8-4-9-16-24)19-12-20-27(28)25-17-10-5-11-18-25;1-4-6-17(13(2)3)16-11-9-15(10-12-16)14-7-5-8-14/h3-22H,1-2H3;9-14,17H,4-8H2,1-3H3. The van der Waals surface area contributed by atoms with E-state index in [2.05, 4.69) is 119 Å². The molecule has 0 heterocycles. The van der Waals surface area contributed by atoms with E-state index in [0.717, 1.165) is 45.8 Å². The molecular weight excluding hydrogens is 572 g/mol. The molecule has 2 nitrogen and oxygen atoms in total. The van der Waals surface area contributed by atoms with E-state index in [1.165, 1.54) is 37.7 Å². The Morgan fingerprint density at radius 2 is 1.13 bits per heavy atom. The molecule has 0 N–H and O–H groups in total. The van der Waals surface area contributed by atoms with Gasteiger partial charge in [-0.1, -0.05) is 174 Å². The molecule has 0 spiro atoms. The normalized spacial score (nSPS) is 14.8. The zero-order chi connectivity index (χ0) is 33.0. The lowest BCUT2D eigenvalue weighted by Crippen LogP contribution is -2.19. The van der Waals surface area contributed by atoms with Crippen LogP contribution in [0.25, 0.3) is 22.3 Å². The van der Waals surface area contributed by atoms with Crippen LogP contribution in [-0.2, 0) is 4.89 Å². The quantitative estimate of drug-likeness (QED) is 0.102. The summed E-state index contributed by atoms with van der Waals surface area (Å²) in [6, 6.07) is 46.7. The van der Waals surface area contributed by atoms with Gasteiger partial charge in [0, 0.05) is 17.0 Å². The Morgan fingerprint density at radius 1 is 0.596 bits per heavy atom. The summed E-state index contributed by atoms with van der Waals surface area (Å²) in [6.45, 7) is 11.2. The van der Waals surface area contributed by atoms with Crippen molar-refractivity contribution in [3.63, 3.8) is 0 Å². The summed E-state index contributed by atoms with van der Waals surface area (Å²) >= 11 is 0. The lowest BCUT2D eigenvalue weighted by atomic mass is 9.78. The van der Waals surface area contributed by atoms with Gasteiger partial charge in [0.25, 0.3) is 0 Å². The fraction of sp³-hybridized carbons (Fsp3) is 0.333. The molecule has 3 unspecified atom stereocenters. The molecule has 1 saturated carbocycles. The van der Waals surface area contributed by atoms with Crippen LogP contribution in [0, 0.1) is 5.92 Å². The summed E-state index contributed by atoms with van der Waals surface area (Å²) in [6.07, 6.45) is 6.73. The highest BCUT2D eigenvalue weighted by molar-refractivity contribution is 5.82. The summed E-state index contributed by atoms with van der Waals surface area (Å²) < 4.78 is 0. The van der Waals surface area contributed by atoms with Crippen LogP contribution in [0.5, 0.6) is 5.75 Å². The highest BCUT2D eigenvalue weighted by Crippen LogP contribution is 2.40. The van der Waals surface area contributed by atoms with Crippen molar-refractivity contribution < 1.29 is 9.78 Å². The number of para-hydroxylation sites is 1. The van der Waals surface area contributed by atoms with Gasteiger partial charge < -0.3 is 4.89 Å². The highest BCUT2D eigenvalue weighted by atomic mass is 17.2. The van der Waals surface area contributed by atoms with Crippen LogP contribution in [0.4, 0.5) is 0 Å². The Bertz CT molecular complexity index is 1550. The third kappa shape index (κ3) is 9.02. The van der Waals surface area contributed by atoms with Crippen molar-refractivity contribution in [2.75, 3.05) is 0 Å². The van der Waals surface area contributed by atoms with Gasteiger partial charge in [-0.25, -0.2) is 0 Å². The van der Waals surface area contributed by atoms with Gasteiger partial charge in [-0.3, -0.25) is 0 Å². The van der Waals surface area contributed by atoms with Crippen molar-refractivity contribution in [1.82, 2.24) is 0 Å². The van der Waals surface area contributed by atoms with Crippen molar-refractivity contribution >= 4 is 0 Å². The predicted molar refractivity (Wildman–Crippen MR) is 199 cm³/mol. The minimum absolute atomic E-state index is 0.111. The molecule has 0 amide bonds. The fourth-order valence-corrected chi connectivity index (χ4v) is 6.50. The second-order valence-corrected chi connectivity index (χ2v) is 13.4. The Labute approximate surface area is 283 Å². The minimum atomic E-state index is -0.111. The van der Waals surface area contributed by atoms with Gasteiger partial charge in [-0.15, -0.1) is 0 Å². The molecule has 1 aliphatic carbocycles. The summed E-state index contributed by atoms with van der Waals surface area (Å²) in [4.78, 5) is 12.1. The van der Waals surface area contributed by atoms with Crippen LogP contribution in [-0.4, -0.2) is 6.10 Å². The number of rotatable bonds is 12. The van der Waals surface area contributed by atoms with E-state index in [1.807, 2.05) is 49.4 Å². The van der Waals surface area contributed by atoms with Gasteiger partial charge in [-0.2, -0.15) is 4.89 Å². The van der Waals surface area contributed by atoms with Gasteiger partial charge in [-0.05, 0) is 71.8 Å². The van der Waals surface area contributed by atoms with E-state index in [1.54, 1.807) is 11.1 Å². The Balaban J connectivity index is 0.000000216. The first-order chi connectivity index (χ1) is 23.0. The fourth-order valence-electron chi connectivity index (χ4n) is 6.50. The second kappa shape index (κ2) is 17.1. The molecule has 0 radical (unpaired) electrons. The third-order valence-electron chi connectivity index (χ3n) is 9.84. The van der Waals surface area contributed by atoms with Crippen LogP contribution in [0.3, 0.4) is 0 Å². The van der Waals surface area contributed by atoms with Crippen molar-refractivity contribution in [1.29, 1.82) is 0 Å². The van der Waals surface area contributed by atoms with Crippen molar-refractivity contribution in [2.24, 2.45) is 5.92 Å². The molecule has 5 aromatic carbocycles. The van der Waals surface area contributed by atoms with Crippen LogP contribution in [0.2, 0.25) is 0 Å². The van der Waals surface area contributed by atoms with Gasteiger partial charge in [0.05, 0.1) is 0 Å². The lowest BCUT2D eigenvalue weighted by molar-refractivity contribution is -0.243. The lowest BCUT2D eigenvalue weighted by Gasteiger charge is -2.27. The molecule has 5 aromatic rings. The smallest absolute Gasteiger partial charge is 0.181 e. The molecule has 47 heavy (non-hydrogen) atoms. The third-order valence-corrected chi connectivity index (χ3v) is 9.84. The van der Waals surface area contributed by atoms with E-state index in [9.17, 15) is 0 Å². The maximum atomic E-state index is 6.08. The average molecular weight is 625 g/mol. The average Bonchev–Trinajstić information content (AvgIpc) is 3.10. The molecule has 0 bridgehead atoms. The highest BCUT2D eigenvalue weighted by Gasteiger charge is 2.21. The van der Waals surface area contributed by atoms with Crippen molar-refractivity contribution in [2.45, 2.75) is 90.6 Å². The van der Waals surface area contributed by atoms with Crippen molar-refractivity contribution in [3.05, 3.63) is 150 Å². The summed E-state index contributed by atoms with van der Waals surface area (Å²) in [7, 11) is 0. The van der Waals surface area contributed by atoms with Crippen LogP contribution < -0.4 is 4.89 Å². The Morgan fingerprint density at radius 3 is 1.60 bits per heavy atom.